The summed E-state index contributed by atoms with van der Waals surface area (Å²) in [5, 5.41) is 0. The monoisotopic (exact) mass is 265 g/mol. The lowest BCUT2D eigenvalue weighted by Crippen LogP contribution is -2.49. The topological polar surface area (TPSA) is 59.8 Å². The van der Waals surface area contributed by atoms with Crippen LogP contribution in [0.3, 0.4) is 0 Å². The zero-order valence-corrected chi connectivity index (χ0v) is 11.1. The van der Waals surface area contributed by atoms with Gasteiger partial charge in [-0.05, 0) is 38.3 Å². The van der Waals surface area contributed by atoms with E-state index in [4.69, 9.17) is 9.15 Å². The Morgan fingerprint density at radius 3 is 3.00 bits per heavy atom. The van der Waals surface area contributed by atoms with Crippen molar-refractivity contribution in [2.75, 3.05) is 13.2 Å². The predicted molar refractivity (Wildman–Crippen MR) is 68.4 cm³/mol. The van der Waals surface area contributed by atoms with Gasteiger partial charge in [-0.15, -0.1) is 0 Å². The molecular weight excluding hydrogens is 246 g/mol. The second-order valence-electron chi connectivity index (χ2n) is 4.61. The van der Waals surface area contributed by atoms with Crippen LogP contribution in [0, 0.1) is 0 Å². The van der Waals surface area contributed by atoms with Gasteiger partial charge in [-0.1, -0.05) is 0 Å². The van der Waals surface area contributed by atoms with Gasteiger partial charge < -0.3 is 14.1 Å². The van der Waals surface area contributed by atoms with E-state index in [1.54, 1.807) is 30.2 Å². The van der Waals surface area contributed by atoms with E-state index in [0.29, 0.717) is 25.3 Å². The van der Waals surface area contributed by atoms with Gasteiger partial charge in [0.2, 0.25) is 5.91 Å². The quantitative estimate of drug-likeness (QED) is 0.778. The number of amides is 1. The molecule has 0 N–H and O–H groups in total. The summed E-state index contributed by atoms with van der Waals surface area (Å²) in [4.78, 5) is 25.7. The first-order valence-electron chi connectivity index (χ1n) is 6.71. The maximum absolute atomic E-state index is 12.2. The molecule has 1 aliphatic rings. The maximum Gasteiger partial charge on any atom is 0.328 e. The number of rotatable bonds is 4. The van der Waals surface area contributed by atoms with Crippen molar-refractivity contribution in [1.82, 2.24) is 4.90 Å². The number of carbonyl (C=O) groups is 2. The average molecular weight is 265 g/mol. The summed E-state index contributed by atoms with van der Waals surface area (Å²) in [6, 6.07) is 3.08. The van der Waals surface area contributed by atoms with E-state index in [1.807, 2.05) is 0 Å². The smallest absolute Gasteiger partial charge is 0.328 e. The molecule has 2 rings (SSSR count). The molecule has 1 amide bonds. The molecule has 104 valence electrons. The van der Waals surface area contributed by atoms with Crippen molar-refractivity contribution < 1.29 is 18.7 Å². The van der Waals surface area contributed by atoms with Gasteiger partial charge in [-0.2, -0.15) is 0 Å². The highest BCUT2D eigenvalue weighted by Gasteiger charge is 2.33. The van der Waals surface area contributed by atoms with Crippen LogP contribution in [-0.4, -0.2) is 36.0 Å². The summed E-state index contributed by atoms with van der Waals surface area (Å²) >= 11 is 0. The summed E-state index contributed by atoms with van der Waals surface area (Å²) < 4.78 is 10.2. The normalized spacial score (nSPS) is 19.2. The zero-order chi connectivity index (χ0) is 13.7. The van der Waals surface area contributed by atoms with Gasteiger partial charge in [0, 0.05) is 6.54 Å². The van der Waals surface area contributed by atoms with Gasteiger partial charge in [-0.25, -0.2) is 4.79 Å². The Labute approximate surface area is 112 Å². The summed E-state index contributed by atoms with van der Waals surface area (Å²) in [6.07, 6.45) is 4.31. The Balaban J connectivity index is 2.02. The number of furan rings is 1. The Bertz CT molecular complexity index is 427. The molecule has 1 aromatic rings. The highest BCUT2D eigenvalue weighted by atomic mass is 16.5. The molecule has 1 unspecified atom stereocenters. The van der Waals surface area contributed by atoms with E-state index in [1.165, 1.54) is 0 Å². The number of likely N-dealkylation sites (tertiary alicyclic amines) is 1. The fourth-order valence-corrected chi connectivity index (χ4v) is 2.38. The van der Waals surface area contributed by atoms with Crippen molar-refractivity contribution in [3.8, 4) is 0 Å². The number of carbonyl (C=O) groups excluding carboxylic acids is 2. The largest absolute Gasteiger partial charge is 0.469 e. The third-order valence-electron chi connectivity index (χ3n) is 3.29. The Morgan fingerprint density at radius 2 is 2.32 bits per heavy atom. The molecule has 5 nitrogen and oxygen atoms in total. The Hall–Kier alpha value is -1.78. The number of hydrogen-bond donors (Lipinski definition) is 0. The maximum atomic E-state index is 12.2. The SMILES string of the molecule is CCOC(=O)C1CCCCN1C(=O)Cc1ccco1. The van der Waals surface area contributed by atoms with Crippen molar-refractivity contribution in [2.45, 2.75) is 38.6 Å². The van der Waals surface area contributed by atoms with Crippen LogP contribution < -0.4 is 0 Å². The molecule has 0 aromatic carbocycles. The molecule has 0 saturated carbocycles. The predicted octanol–water partition coefficient (Wildman–Crippen LogP) is 1.77. The van der Waals surface area contributed by atoms with E-state index in [9.17, 15) is 9.59 Å². The lowest BCUT2D eigenvalue weighted by Gasteiger charge is -2.33. The molecule has 19 heavy (non-hydrogen) atoms. The third-order valence-corrected chi connectivity index (χ3v) is 3.29. The van der Waals surface area contributed by atoms with Crippen molar-refractivity contribution in [3.05, 3.63) is 24.2 Å². The van der Waals surface area contributed by atoms with E-state index in [0.717, 1.165) is 12.8 Å². The van der Waals surface area contributed by atoms with Gasteiger partial charge in [0.05, 0.1) is 19.3 Å². The third kappa shape index (κ3) is 3.36. The summed E-state index contributed by atoms with van der Waals surface area (Å²) in [7, 11) is 0. The molecule has 1 aromatic heterocycles. The highest BCUT2D eigenvalue weighted by Crippen LogP contribution is 2.19. The Morgan fingerprint density at radius 1 is 1.47 bits per heavy atom. The van der Waals surface area contributed by atoms with Crippen LogP contribution in [0.4, 0.5) is 0 Å². The summed E-state index contributed by atoms with van der Waals surface area (Å²) in [5.41, 5.74) is 0. The molecule has 0 radical (unpaired) electrons. The molecule has 0 spiro atoms. The lowest BCUT2D eigenvalue weighted by molar-refractivity contribution is -0.156. The van der Waals surface area contributed by atoms with Crippen molar-refractivity contribution in [3.63, 3.8) is 0 Å². The molecule has 0 bridgehead atoms. The van der Waals surface area contributed by atoms with E-state index in [-0.39, 0.29) is 18.3 Å². The standard InChI is InChI=1S/C14H19NO4/c1-2-18-14(17)12-7-3-4-8-15(12)13(16)10-11-6-5-9-19-11/h5-6,9,12H,2-4,7-8,10H2,1H3. The first kappa shape index (κ1) is 13.6. The number of piperidine rings is 1. The van der Waals surface area contributed by atoms with Gasteiger partial charge in [-0.3, -0.25) is 4.79 Å². The number of nitrogens with zero attached hydrogens (tertiary/aromatic N) is 1. The van der Waals surface area contributed by atoms with Crippen LogP contribution in [0.15, 0.2) is 22.8 Å². The average Bonchev–Trinajstić information content (AvgIpc) is 2.92. The van der Waals surface area contributed by atoms with Gasteiger partial charge in [0.15, 0.2) is 0 Å². The van der Waals surface area contributed by atoms with Gasteiger partial charge in [0.1, 0.15) is 11.8 Å². The van der Waals surface area contributed by atoms with E-state index < -0.39 is 6.04 Å². The molecule has 1 aliphatic heterocycles. The summed E-state index contributed by atoms with van der Waals surface area (Å²) in [5.74, 6) is 0.251. The fraction of sp³-hybridized carbons (Fsp3) is 0.571. The van der Waals surface area contributed by atoms with Crippen LogP contribution >= 0.6 is 0 Å². The Kier molecular flexibility index (Phi) is 4.60. The first-order chi connectivity index (χ1) is 9.22. The number of hydrogen-bond acceptors (Lipinski definition) is 4. The molecular formula is C14H19NO4. The van der Waals surface area contributed by atoms with E-state index in [2.05, 4.69) is 0 Å². The molecule has 5 heteroatoms. The lowest BCUT2D eigenvalue weighted by atomic mass is 10.0. The van der Waals surface area contributed by atoms with Gasteiger partial charge >= 0.3 is 5.97 Å². The number of ether oxygens (including phenoxy) is 1. The van der Waals surface area contributed by atoms with Crippen LogP contribution in [0.1, 0.15) is 31.9 Å². The second-order valence-corrected chi connectivity index (χ2v) is 4.61. The second kappa shape index (κ2) is 6.41. The molecule has 1 fully saturated rings. The minimum absolute atomic E-state index is 0.0762. The first-order valence-corrected chi connectivity index (χ1v) is 6.71. The van der Waals surface area contributed by atoms with Crippen molar-refractivity contribution in [1.29, 1.82) is 0 Å². The van der Waals surface area contributed by atoms with Crippen LogP contribution in [0.5, 0.6) is 0 Å². The van der Waals surface area contributed by atoms with Crippen LogP contribution in [0.2, 0.25) is 0 Å². The fourth-order valence-electron chi connectivity index (χ4n) is 2.38. The number of esters is 1. The molecule has 0 aliphatic carbocycles. The summed E-state index contributed by atoms with van der Waals surface area (Å²) in [6.45, 7) is 2.73. The van der Waals surface area contributed by atoms with Crippen molar-refractivity contribution in [2.24, 2.45) is 0 Å². The van der Waals surface area contributed by atoms with Gasteiger partial charge in [0.25, 0.3) is 0 Å². The van der Waals surface area contributed by atoms with Crippen LogP contribution in [-0.2, 0) is 20.7 Å². The highest BCUT2D eigenvalue weighted by molar-refractivity contribution is 5.85. The van der Waals surface area contributed by atoms with Crippen molar-refractivity contribution >= 4 is 11.9 Å². The zero-order valence-electron chi connectivity index (χ0n) is 11.1. The van der Waals surface area contributed by atoms with Crippen LogP contribution in [0.25, 0.3) is 0 Å². The minimum atomic E-state index is -0.434. The minimum Gasteiger partial charge on any atom is -0.469 e. The molecule has 1 atom stereocenters. The van der Waals surface area contributed by atoms with E-state index >= 15 is 0 Å². The molecule has 2 heterocycles. The molecule has 1 saturated heterocycles.